The molecular weight excluding hydrogens is 227 g/mol. The molecule has 1 nitrogen and oxygen atoms in total. The summed E-state index contributed by atoms with van der Waals surface area (Å²) in [5.41, 5.74) is 1.15. The fraction of sp³-hybridized carbons (Fsp3) is 0.625. The Morgan fingerprint density at radius 1 is 1.11 bits per heavy atom. The largest absolute Gasteiger partial charge is 0.490 e. The lowest BCUT2D eigenvalue weighted by Gasteiger charge is -2.19. The van der Waals surface area contributed by atoms with E-state index in [1.807, 2.05) is 6.92 Å². The second-order valence-corrected chi connectivity index (χ2v) is 5.67. The minimum atomic E-state index is -0.281. The number of rotatable bonds is 3. The molecule has 0 aliphatic heterocycles. The van der Waals surface area contributed by atoms with Crippen molar-refractivity contribution in [3.63, 3.8) is 0 Å². The molecule has 0 bridgehead atoms. The molecule has 0 saturated carbocycles. The molecule has 0 amide bonds. The van der Waals surface area contributed by atoms with E-state index in [0.717, 1.165) is 12.0 Å². The van der Waals surface area contributed by atoms with Crippen LogP contribution in [0.5, 0.6) is 5.75 Å². The first-order valence-electron chi connectivity index (χ1n) is 6.75. The molecule has 18 heavy (non-hydrogen) atoms. The highest BCUT2D eigenvalue weighted by Gasteiger charge is 2.13. The van der Waals surface area contributed by atoms with E-state index in [4.69, 9.17) is 4.74 Å². The Hall–Kier alpha value is -1.05. The number of aryl methyl sites for hydroxylation is 1. The number of ether oxygens (including phenoxy) is 1. The van der Waals surface area contributed by atoms with E-state index in [1.54, 1.807) is 12.1 Å². The third-order valence-corrected chi connectivity index (χ3v) is 2.06. The summed E-state index contributed by atoms with van der Waals surface area (Å²) in [6.07, 6.45) is 2.14. The molecule has 0 N–H and O–H groups in total. The molecule has 0 aromatic heterocycles. The molecule has 0 aliphatic carbocycles. The second-order valence-electron chi connectivity index (χ2n) is 5.67. The van der Waals surface area contributed by atoms with Gasteiger partial charge in [0.05, 0.1) is 6.61 Å². The zero-order chi connectivity index (χ0) is 14.2. The Balaban J connectivity index is 0.000000873. The first kappa shape index (κ1) is 16.9. The quantitative estimate of drug-likeness (QED) is 0.717. The normalized spacial score (nSPS) is 10.6. The molecule has 0 aliphatic rings. The van der Waals surface area contributed by atoms with Crippen LogP contribution in [-0.4, -0.2) is 6.61 Å². The highest BCUT2D eigenvalue weighted by molar-refractivity contribution is 5.30. The monoisotopic (exact) mass is 254 g/mol. The zero-order valence-electron chi connectivity index (χ0n) is 12.6. The van der Waals surface area contributed by atoms with Crippen molar-refractivity contribution in [2.75, 3.05) is 6.61 Å². The molecule has 0 spiro atoms. The molecule has 0 atom stereocenters. The fourth-order valence-electron chi connectivity index (χ4n) is 1.17. The van der Waals surface area contributed by atoms with E-state index in [-0.39, 0.29) is 11.2 Å². The Kier molecular flexibility index (Phi) is 7.65. The van der Waals surface area contributed by atoms with E-state index in [1.165, 1.54) is 12.5 Å². The summed E-state index contributed by atoms with van der Waals surface area (Å²) < 4.78 is 18.8. The van der Waals surface area contributed by atoms with Gasteiger partial charge in [-0.3, -0.25) is 0 Å². The lowest BCUT2D eigenvalue weighted by molar-refractivity contribution is 0.191. The van der Waals surface area contributed by atoms with Crippen LogP contribution in [-0.2, 0) is 6.42 Å². The molecule has 0 saturated heterocycles. The van der Waals surface area contributed by atoms with Gasteiger partial charge in [-0.1, -0.05) is 54.0 Å². The van der Waals surface area contributed by atoms with Gasteiger partial charge in [-0.2, -0.15) is 0 Å². The highest BCUT2D eigenvalue weighted by Crippen LogP contribution is 2.22. The van der Waals surface area contributed by atoms with E-state index < -0.39 is 0 Å². The van der Waals surface area contributed by atoms with Crippen molar-refractivity contribution in [1.29, 1.82) is 0 Å². The summed E-state index contributed by atoms with van der Waals surface area (Å²) in [7, 11) is 0. The maximum Gasteiger partial charge on any atom is 0.165 e. The average molecular weight is 254 g/mol. The molecule has 0 radical (unpaired) electrons. The highest BCUT2D eigenvalue weighted by atomic mass is 19.1. The topological polar surface area (TPSA) is 9.23 Å². The minimum Gasteiger partial charge on any atom is -0.490 e. The summed E-state index contributed by atoms with van der Waals surface area (Å²) in [6, 6.07) is 5.04. The Bertz CT molecular complexity index is 339. The Labute approximate surface area is 111 Å². The Morgan fingerprint density at radius 2 is 1.67 bits per heavy atom. The standard InChI is InChI=1S/C13H19FO.C3H8/c1-5-10-6-7-11(14)12(8-10)15-9-13(2,3)4;1-3-2/h6-8H,5,9H2,1-4H3;3H2,1-2H3. The summed E-state index contributed by atoms with van der Waals surface area (Å²) in [6.45, 7) is 13.0. The average Bonchev–Trinajstić information content (AvgIpc) is 2.28. The van der Waals surface area contributed by atoms with Crippen molar-refractivity contribution in [1.82, 2.24) is 0 Å². The molecule has 2 heteroatoms. The van der Waals surface area contributed by atoms with Crippen LogP contribution in [0.3, 0.4) is 0 Å². The third kappa shape index (κ3) is 7.31. The second kappa shape index (κ2) is 8.12. The van der Waals surface area contributed by atoms with Crippen LogP contribution < -0.4 is 4.74 Å². The minimum absolute atomic E-state index is 0.0503. The lowest BCUT2D eigenvalue weighted by Crippen LogP contribution is -2.17. The molecule has 0 unspecified atom stereocenters. The number of halogens is 1. The first-order valence-corrected chi connectivity index (χ1v) is 6.75. The van der Waals surface area contributed by atoms with Crippen molar-refractivity contribution >= 4 is 0 Å². The van der Waals surface area contributed by atoms with E-state index >= 15 is 0 Å². The van der Waals surface area contributed by atoms with Crippen LogP contribution >= 0.6 is 0 Å². The number of benzene rings is 1. The van der Waals surface area contributed by atoms with Gasteiger partial charge in [0, 0.05) is 0 Å². The third-order valence-electron chi connectivity index (χ3n) is 2.06. The van der Waals surface area contributed by atoms with Crippen molar-refractivity contribution < 1.29 is 9.13 Å². The molecule has 0 fully saturated rings. The Morgan fingerprint density at radius 3 is 2.11 bits per heavy atom. The van der Waals surface area contributed by atoms with Crippen LogP contribution in [0.2, 0.25) is 0 Å². The smallest absolute Gasteiger partial charge is 0.165 e. The van der Waals surface area contributed by atoms with Crippen molar-refractivity contribution in [2.45, 2.75) is 54.4 Å². The molecule has 1 aromatic carbocycles. The maximum atomic E-state index is 13.4. The van der Waals surface area contributed by atoms with E-state index in [9.17, 15) is 4.39 Å². The van der Waals surface area contributed by atoms with Crippen LogP contribution in [0.1, 0.15) is 53.5 Å². The van der Waals surface area contributed by atoms with Gasteiger partial charge in [0.15, 0.2) is 11.6 Å². The molecular formula is C16H27FO. The first-order chi connectivity index (χ1) is 8.34. The number of hydrogen-bond donors (Lipinski definition) is 0. The summed E-state index contributed by atoms with van der Waals surface area (Å²) >= 11 is 0. The molecule has 0 heterocycles. The van der Waals surface area contributed by atoms with Crippen LogP contribution in [0.15, 0.2) is 18.2 Å². The van der Waals surface area contributed by atoms with Gasteiger partial charge in [0.1, 0.15) is 0 Å². The number of hydrogen-bond acceptors (Lipinski definition) is 1. The lowest BCUT2D eigenvalue weighted by atomic mass is 9.99. The van der Waals surface area contributed by atoms with Gasteiger partial charge < -0.3 is 4.74 Å². The predicted octanol–water partition coefficient (Wildman–Crippen LogP) is 5.23. The van der Waals surface area contributed by atoms with Gasteiger partial charge in [-0.25, -0.2) is 4.39 Å². The van der Waals surface area contributed by atoms with E-state index in [2.05, 4.69) is 34.6 Å². The summed E-state index contributed by atoms with van der Waals surface area (Å²) in [5, 5.41) is 0. The van der Waals surface area contributed by atoms with Crippen molar-refractivity contribution in [2.24, 2.45) is 5.41 Å². The van der Waals surface area contributed by atoms with Gasteiger partial charge in [-0.05, 0) is 29.5 Å². The molecule has 104 valence electrons. The molecule has 1 rings (SSSR count). The van der Waals surface area contributed by atoms with Crippen LogP contribution in [0, 0.1) is 11.2 Å². The molecule has 1 aromatic rings. The fourth-order valence-corrected chi connectivity index (χ4v) is 1.17. The van der Waals surface area contributed by atoms with Crippen molar-refractivity contribution in [3.8, 4) is 5.75 Å². The van der Waals surface area contributed by atoms with Crippen LogP contribution in [0.25, 0.3) is 0 Å². The predicted molar refractivity (Wildman–Crippen MR) is 76.7 cm³/mol. The SMILES string of the molecule is CCC.CCc1ccc(F)c(OCC(C)(C)C)c1. The van der Waals surface area contributed by atoms with Gasteiger partial charge in [0.25, 0.3) is 0 Å². The maximum absolute atomic E-state index is 13.4. The van der Waals surface area contributed by atoms with Gasteiger partial charge >= 0.3 is 0 Å². The van der Waals surface area contributed by atoms with Gasteiger partial charge in [0.2, 0.25) is 0 Å². The van der Waals surface area contributed by atoms with Crippen molar-refractivity contribution in [3.05, 3.63) is 29.6 Å². The summed E-state index contributed by atoms with van der Waals surface area (Å²) in [5.74, 6) is 0.0840. The summed E-state index contributed by atoms with van der Waals surface area (Å²) in [4.78, 5) is 0. The van der Waals surface area contributed by atoms with Gasteiger partial charge in [-0.15, -0.1) is 0 Å². The van der Waals surface area contributed by atoms with E-state index in [0.29, 0.717) is 12.4 Å². The zero-order valence-corrected chi connectivity index (χ0v) is 12.6. The van der Waals surface area contributed by atoms with Crippen LogP contribution in [0.4, 0.5) is 4.39 Å².